The van der Waals surface area contributed by atoms with Crippen LogP contribution in [-0.2, 0) is 13.0 Å². The molecule has 1 atom stereocenters. The minimum absolute atomic E-state index is 0.599. The largest absolute Gasteiger partial charge is 0.312 e. The van der Waals surface area contributed by atoms with Gasteiger partial charge in [0.1, 0.15) is 12.2 Å². The second kappa shape index (κ2) is 6.63. The molecule has 0 bridgehead atoms. The van der Waals surface area contributed by atoms with Crippen LogP contribution < -0.4 is 5.32 Å². The number of benzene rings is 1. The van der Waals surface area contributed by atoms with Crippen LogP contribution in [0.15, 0.2) is 36.7 Å². The van der Waals surface area contributed by atoms with Crippen LogP contribution in [-0.4, -0.2) is 45.8 Å². The molecule has 2 aromatic rings. The highest BCUT2D eigenvalue weighted by Gasteiger charge is 2.21. The zero-order chi connectivity index (χ0) is 13.6. The van der Waals surface area contributed by atoms with E-state index in [4.69, 9.17) is 0 Å². The standard InChI is InChI=1S/C15H21N5/c1-2-4-13(5-3-1)10-20-9-7-14(11-20)16-8-6-15-17-12-18-19-15/h1-5,12,14,16H,6-11H2,(H,17,18,19). The van der Waals surface area contributed by atoms with Crippen molar-refractivity contribution >= 4 is 0 Å². The summed E-state index contributed by atoms with van der Waals surface area (Å²) in [5.41, 5.74) is 1.40. The lowest BCUT2D eigenvalue weighted by atomic mass is 10.2. The topological polar surface area (TPSA) is 56.8 Å². The van der Waals surface area contributed by atoms with Gasteiger partial charge in [0.25, 0.3) is 0 Å². The number of rotatable bonds is 6. The number of likely N-dealkylation sites (tertiary alicyclic amines) is 1. The van der Waals surface area contributed by atoms with Crippen molar-refractivity contribution < 1.29 is 0 Å². The zero-order valence-corrected chi connectivity index (χ0v) is 11.6. The summed E-state index contributed by atoms with van der Waals surface area (Å²) in [6, 6.07) is 11.3. The van der Waals surface area contributed by atoms with Crippen LogP contribution in [0.3, 0.4) is 0 Å². The van der Waals surface area contributed by atoms with Gasteiger partial charge in [0, 0.05) is 38.6 Å². The van der Waals surface area contributed by atoms with E-state index in [2.05, 4.69) is 55.7 Å². The average molecular weight is 271 g/mol. The van der Waals surface area contributed by atoms with Gasteiger partial charge >= 0.3 is 0 Å². The maximum absolute atomic E-state index is 4.13. The van der Waals surface area contributed by atoms with Gasteiger partial charge in [-0.1, -0.05) is 30.3 Å². The van der Waals surface area contributed by atoms with Crippen LogP contribution in [0, 0.1) is 0 Å². The first-order valence-electron chi connectivity index (χ1n) is 7.24. The third-order valence-corrected chi connectivity index (χ3v) is 3.78. The Morgan fingerprint density at radius 2 is 2.20 bits per heavy atom. The quantitative estimate of drug-likeness (QED) is 0.829. The van der Waals surface area contributed by atoms with Crippen LogP contribution in [0.1, 0.15) is 17.8 Å². The van der Waals surface area contributed by atoms with Crippen molar-refractivity contribution in [1.29, 1.82) is 0 Å². The van der Waals surface area contributed by atoms with Crippen LogP contribution in [0.4, 0.5) is 0 Å². The summed E-state index contributed by atoms with van der Waals surface area (Å²) in [7, 11) is 0. The van der Waals surface area contributed by atoms with Crippen LogP contribution >= 0.6 is 0 Å². The molecule has 1 fully saturated rings. The van der Waals surface area contributed by atoms with E-state index in [0.717, 1.165) is 31.9 Å². The molecule has 1 aromatic carbocycles. The summed E-state index contributed by atoms with van der Waals surface area (Å²) < 4.78 is 0. The molecule has 1 aromatic heterocycles. The molecule has 5 nitrogen and oxygen atoms in total. The highest BCUT2D eigenvalue weighted by molar-refractivity contribution is 5.14. The second-order valence-corrected chi connectivity index (χ2v) is 5.34. The average Bonchev–Trinajstić information content (AvgIpc) is 3.12. The molecule has 3 rings (SSSR count). The van der Waals surface area contributed by atoms with Gasteiger partial charge in [0.15, 0.2) is 0 Å². The Morgan fingerprint density at radius 3 is 3.00 bits per heavy atom. The smallest absolute Gasteiger partial charge is 0.137 e. The van der Waals surface area contributed by atoms with Crippen molar-refractivity contribution in [2.45, 2.75) is 25.4 Å². The summed E-state index contributed by atoms with van der Waals surface area (Å²) in [6.45, 7) is 4.32. The van der Waals surface area contributed by atoms with Crippen molar-refractivity contribution in [3.05, 3.63) is 48.0 Å². The van der Waals surface area contributed by atoms with Gasteiger partial charge in [-0.2, -0.15) is 5.10 Å². The number of hydrogen-bond donors (Lipinski definition) is 2. The van der Waals surface area contributed by atoms with Crippen molar-refractivity contribution in [3.8, 4) is 0 Å². The molecule has 1 unspecified atom stereocenters. The van der Waals surface area contributed by atoms with E-state index < -0.39 is 0 Å². The molecular formula is C15H21N5. The lowest BCUT2D eigenvalue weighted by Crippen LogP contribution is -2.33. The molecule has 2 N–H and O–H groups in total. The van der Waals surface area contributed by atoms with Crippen molar-refractivity contribution in [1.82, 2.24) is 25.4 Å². The third kappa shape index (κ3) is 3.65. The Bertz CT molecular complexity index is 496. The molecular weight excluding hydrogens is 250 g/mol. The number of aromatic nitrogens is 3. The molecule has 0 radical (unpaired) electrons. The molecule has 1 aliphatic heterocycles. The number of hydrogen-bond acceptors (Lipinski definition) is 4. The number of aromatic amines is 1. The number of nitrogens with one attached hydrogen (secondary N) is 2. The normalized spacial score (nSPS) is 19.5. The maximum atomic E-state index is 4.13. The van der Waals surface area contributed by atoms with E-state index in [-0.39, 0.29) is 0 Å². The van der Waals surface area contributed by atoms with Gasteiger partial charge in [-0.3, -0.25) is 10.00 Å². The first-order chi connectivity index (χ1) is 9.90. The lowest BCUT2D eigenvalue weighted by Gasteiger charge is -2.16. The van der Waals surface area contributed by atoms with Crippen LogP contribution in [0.25, 0.3) is 0 Å². The third-order valence-electron chi connectivity index (χ3n) is 3.78. The van der Waals surface area contributed by atoms with E-state index in [0.29, 0.717) is 6.04 Å². The molecule has 106 valence electrons. The Hall–Kier alpha value is -1.72. The summed E-state index contributed by atoms with van der Waals surface area (Å²) in [5.74, 6) is 0.955. The molecule has 0 spiro atoms. The van der Waals surface area contributed by atoms with Crippen molar-refractivity contribution in [2.75, 3.05) is 19.6 Å². The molecule has 1 saturated heterocycles. The molecule has 2 heterocycles. The zero-order valence-electron chi connectivity index (χ0n) is 11.6. The first-order valence-corrected chi connectivity index (χ1v) is 7.24. The molecule has 0 aliphatic carbocycles. The van der Waals surface area contributed by atoms with Gasteiger partial charge in [-0.05, 0) is 12.0 Å². The maximum Gasteiger partial charge on any atom is 0.137 e. The van der Waals surface area contributed by atoms with E-state index in [1.165, 1.54) is 18.5 Å². The minimum atomic E-state index is 0.599. The summed E-state index contributed by atoms with van der Waals surface area (Å²) in [4.78, 5) is 6.65. The van der Waals surface area contributed by atoms with Gasteiger partial charge in [-0.25, -0.2) is 4.98 Å². The predicted molar refractivity (Wildman–Crippen MR) is 78.2 cm³/mol. The molecule has 20 heavy (non-hydrogen) atoms. The molecule has 1 aliphatic rings. The number of H-pyrrole nitrogens is 1. The monoisotopic (exact) mass is 271 g/mol. The van der Waals surface area contributed by atoms with E-state index >= 15 is 0 Å². The first kappa shape index (κ1) is 13.3. The molecule has 5 heteroatoms. The lowest BCUT2D eigenvalue weighted by molar-refractivity contribution is 0.320. The van der Waals surface area contributed by atoms with E-state index in [1.807, 2.05) is 0 Å². The van der Waals surface area contributed by atoms with E-state index in [1.54, 1.807) is 6.33 Å². The second-order valence-electron chi connectivity index (χ2n) is 5.34. The fraction of sp³-hybridized carbons (Fsp3) is 0.467. The molecule has 0 saturated carbocycles. The Labute approximate surface area is 119 Å². The Balaban J connectivity index is 1.38. The van der Waals surface area contributed by atoms with Crippen LogP contribution in [0.5, 0.6) is 0 Å². The van der Waals surface area contributed by atoms with Gasteiger partial charge in [0.2, 0.25) is 0 Å². The van der Waals surface area contributed by atoms with E-state index in [9.17, 15) is 0 Å². The summed E-state index contributed by atoms with van der Waals surface area (Å²) in [6.07, 6.45) is 3.70. The predicted octanol–water partition coefficient (Wildman–Crippen LogP) is 1.21. The SMILES string of the molecule is c1ccc(CN2CCC(NCCc3ncn[nH]3)C2)cc1. The highest BCUT2D eigenvalue weighted by Crippen LogP contribution is 2.13. The summed E-state index contributed by atoms with van der Waals surface area (Å²) >= 11 is 0. The van der Waals surface area contributed by atoms with Crippen molar-refractivity contribution in [2.24, 2.45) is 0 Å². The minimum Gasteiger partial charge on any atom is -0.312 e. The Kier molecular flexibility index (Phi) is 4.40. The van der Waals surface area contributed by atoms with Crippen molar-refractivity contribution in [3.63, 3.8) is 0 Å². The number of nitrogens with zero attached hydrogens (tertiary/aromatic N) is 3. The van der Waals surface area contributed by atoms with Gasteiger partial charge in [-0.15, -0.1) is 0 Å². The highest BCUT2D eigenvalue weighted by atomic mass is 15.2. The van der Waals surface area contributed by atoms with Gasteiger partial charge < -0.3 is 5.32 Å². The van der Waals surface area contributed by atoms with Gasteiger partial charge in [0.05, 0.1) is 0 Å². The fourth-order valence-corrected chi connectivity index (χ4v) is 2.73. The summed E-state index contributed by atoms with van der Waals surface area (Å²) in [5, 5.41) is 10.4. The Morgan fingerprint density at radius 1 is 1.30 bits per heavy atom. The fourth-order valence-electron chi connectivity index (χ4n) is 2.73. The molecule has 0 amide bonds. The van der Waals surface area contributed by atoms with Crippen LogP contribution in [0.2, 0.25) is 0 Å².